The zero-order chi connectivity index (χ0) is 22.1. The molecule has 0 aromatic heterocycles. The Morgan fingerprint density at radius 3 is 1.52 bits per heavy atom. The number of aliphatic hydroxyl groups excluding tert-OH is 1. The molecule has 3 N–H and O–H groups in total. The molecule has 0 saturated carbocycles. The summed E-state index contributed by atoms with van der Waals surface area (Å²) in [4.78, 5) is 0. The van der Waals surface area contributed by atoms with Crippen LogP contribution in [0.25, 0.3) is 0 Å². The van der Waals surface area contributed by atoms with E-state index < -0.39 is 5.41 Å². The van der Waals surface area contributed by atoms with Crippen LogP contribution in [-0.2, 0) is 5.41 Å². The van der Waals surface area contributed by atoms with Crippen LogP contribution in [0.3, 0.4) is 0 Å². The fourth-order valence-electron chi connectivity index (χ4n) is 3.73. The summed E-state index contributed by atoms with van der Waals surface area (Å²) in [6.45, 7) is 17.6. The lowest BCUT2D eigenvalue weighted by Gasteiger charge is -2.34. The van der Waals surface area contributed by atoms with Crippen molar-refractivity contribution in [1.82, 2.24) is 0 Å². The highest BCUT2D eigenvalue weighted by atomic mass is 16.3. The molecule has 0 aliphatic carbocycles. The molecular weight excluding hydrogens is 360 g/mol. The van der Waals surface area contributed by atoms with Crippen LogP contribution >= 0.6 is 0 Å². The van der Waals surface area contributed by atoms with Crippen LogP contribution in [0.15, 0.2) is 59.9 Å². The van der Waals surface area contributed by atoms with E-state index in [0.29, 0.717) is 0 Å². The SMILES string of the molecule is C=C(/C=C(C)\C(O)=C\C)C(C)(c1cc(C)c(O)c(C)c1)c1cc(C)c(O)c(C)c1. The number of phenols is 2. The third-order valence-electron chi connectivity index (χ3n) is 5.85. The van der Waals surface area contributed by atoms with Gasteiger partial charge < -0.3 is 15.3 Å². The highest BCUT2D eigenvalue weighted by Crippen LogP contribution is 2.43. The van der Waals surface area contributed by atoms with Crippen molar-refractivity contribution < 1.29 is 15.3 Å². The maximum Gasteiger partial charge on any atom is 0.121 e. The van der Waals surface area contributed by atoms with Crippen LogP contribution in [-0.4, -0.2) is 15.3 Å². The van der Waals surface area contributed by atoms with Crippen LogP contribution in [0.2, 0.25) is 0 Å². The Morgan fingerprint density at radius 1 is 0.862 bits per heavy atom. The van der Waals surface area contributed by atoms with Crippen molar-refractivity contribution in [3.8, 4) is 11.5 Å². The number of rotatable bonds is 5. The fourth-order valence-corrected chi connectivity index (χ4v) is 3.73. The van der Waals surface area contributed by atoms with E-state index in [9.17, 15) is 15.3 Å². The predicted octanol–water partition coefficient (Wildman–Crippen LogP) is 6.60. The molecule has 0 radical (unpaired) electrons. The molecule has 0 spiro atoms. The molecule has 2 aromatic rings. The molecule has 0 aliphatic rings. The Kier molecular flexibility index (Phi) is 6.32. The fraction of sp³-hybridized carbons (Fsp3) is 0.308. The normalized spacial score (nSPS) is 12.9. The van der Waals surface area contributed by atoms with Gasteiger partial charge in [-0.3, -0.25) is 0 Å². The molecule has 3 nitrogen and oxygen atoms in total. The van der Waals surface area contributed by atoms with Crippen LogP contribution in [0.5, 0.6) is 11.5 Å². The van der Waals surface area contributed by atoms with E-state index in [1.807, 2.05) is 65.0 Å². The van der Waals surface area contributed by atoms with Gasteiger partial charge in [-0.25, -0.2) is 0 Å². The molecule has 0 heterocycles. The smallest absolute Gasteiger partial charge is 0.121 e. The van der Waals surface area contributed by atoms with Gasteiger partial charge in [-0.1, -0.05) is 36.9 Å². The molecule has 2 rings (SSSR count). The third-order valence-corrected chi connectivity index (χ3v) is 5.85. The number of aromatic hydroxyl groups is 2. The maximum absolute atomic E-state index is 10.3. The summed E-state index contributed by atoms with van der Waals surface area (Å²) in [6, 6.07) is 7.90. The molecule has 0 saturated heterocycles. The van der Waals surface area contributed by atoms with Gasteiger partial charge in [-0.15, -0.1) is 0 Å². The minimum absolute atomic E-state index is 0.213. The summed E-state index contributed by atoms with van der Waals surface area (Å²) in [5.41, 5.74) is 6.06. The van der Waals surface area contributed by atoms with E-state index in [4.69, 9.17) is 0 Å². The molecule has 0 amide bonds. The number of hydrogen-bond donors (Lipinski definition) is 3. The summed E-state index contributed by atoms with van der Waals surface area (Å²) in [7, 11) is 0. The number of aryl methyl sites for hydroxylation is 4. The van der Waals surface area contributed by atoms with Crippen molar-refractivity contribution >= 4 is 0 Å². The van der Waals surface area contributed by atoms with E-state index in [-0.39, 0.29) is 17.3 Å². The second kappa shape index (κ2) is 8.20. The van der Waals surface area contributed by atoms with Gasteiger partial charge in [0.25, 0.3) is 0 Å². The van der Waals surface area contributed by atoms with Crippen molar-refractivity contribution in [1.29, 1.82) is 0 Å². The van der Waals surface area contributed by atoms with E-state index in [2.05, 4.69) is 13.5 Å². The van der Waals surface area contributed by atoms with Gasteiger partial charge in [-0.05, 0) is 99.1 Å². The van der Waals surface area contributed by atoms with E-state index >= 15 is 0 Å². The Balaban J connectivity index is 2.84. The number of allylic oxidation sites excluding steroid dienone is 4. The van der Waals surface area contributed by atoms with Gasteiger partial charge in [0, 0.05) is 5.41 Å². The summed E-state index contributed by atoms with van der Waals surface area (Å²) < 4.78 is 0. The molecule has 0 atom stereocenters. The number of benzene rings is 2. The third kappa shape index (κ3) is 4.09. The van der Waals surface area contributed by atoms with Crippen molar-refractivity contribution in [2.45, 2.75) is 53.9 Å². The quantitative estimate of drug-likeness (QED) is 0.397. The zero-order valence-corrected chi connectivity index (χ0v) is 18.5. The molecule has 0 unspecified atom stereocenters. The standard InChI is InChI=1S/C26H32O3/c1-9-23(27)15(2)10-20(7)26(8,21-11-16(3)24(28)17(4)12-21)22-13-18(5)25(29)19(6)14-22/h9-14,27-29H,7H2,1-6,8H3/b15-10-,23-9-. The van der Waals surface area contributed by atoms with Crippen molar-refractivity contribution in [2.75, 3.05) is 0 Å². The molecule has 0 bridgehead atoms. The Hall–Kier alpha value is -2.94. The lowest BCUT2D eigenvalue weighted by Crippen LogP contribution is -2.26. The van der Waals surface area contributed by atoms with Crippen molar-refractivity contribution in [3.05, 3.63) is 93.3 Å². The largest absolute Gasteiger partial charge is 0.508 e. The van der Waals surface area contributed by atoms with Gasteiger partial charge >= 0.3 is 0 Å². The highest BCUT2D eigenvalue weighted by Gasteiger charge is 2.33. The summed E-state index contributed by atoms with van der Waals surface area (Å²) in [5, 5.41) is 30.7. The molecular formula is C26H32O3. The second-order valence-electron chi connectivity index (χ2n) is 8.07. The number of hydrogen-bond acceptors (Lipinski definition) is 3. The Labute approximate surface area is 174 Å². The monoisotopic (exact) mass is 392 g/mol. The highest BCUT2D eigenvalue weighted by molar-refractivity contribution is 5.58. The first-order valence-corrected chi connectivity index (χ1v) is 9.78. The Bertz CT molecular complexity index is 919. The van der Waals surface area contributed by atoms with Crippen molar-refractivity contribution in [3.63, 3.8) is 0 Å². The van der Waals surface area contributed by atoms with Gasteiger partial charge in [0.05, 0.1) is 0 Å². The van der Waals surface area contributed by atoms with E-state index in [1.165, 1.54) is 0 Å². The van der Waals surface area contributed by atoms with E-state index in [0.717, 1.165) is 44.5 Å². The second-order valence-corrected chi connectivity index (χ2v) is 8.07. The predicted molar refractivity (Wildman–Crippen MR) is 121 cm³/mol. The van der Waals surface area contributed by atoms with Gasteiger partial charge in [0.1, 0.15) is 17.3 Å². The lowest BCUT2D eigenvalue weighted by atomic mass is 9.69. The molecule has 0 fully saturated rings. The Morgan fingerprint density at radius 2 is 1.21 bits per heavy atom. The zero-order valence-electron chi connectivity index (χ0n) is 18.5. The summed E-state index contributed by atoms with van der Waals surface area (Å²) in [5.74, 6) is 0.792. The number of aliphatic hydroxyl groups is 1. The molecule has 2 aromatic carbocycles. The topological polar surface area (TPSA) is 60.7 Å². The lowest BCUT2D eigenvalue weighted by molar-refractivity contribution is 0.422. The van der Waals surface area contributed by atoms with Gasteiger partial charge in [0.15, 0.2) is 0 Å². The molecule has 29 heavy (non-hydrogen) atoms. The number of phenolic OH excluding ortho intramolecular Hbond substituents is 2. The first kappa shape index (κ1) is 22.4. The first-order valence-electron chi connectivity index (χ1n) is 9.78. The minimum Gasteiger partial charge on any atom is -0.508 e. The average molecular weight is 393 g/mol. The minimum atomic E-state index is -0.623. The van der Waals surface area contributed by atoms with Crippen LogP contribution in [0, 0.1) is 27.7 Å². The molecule has 3 heteroatoms. The summed E-state index contributed by atoms with van der Waals surface area (Å²) >= 11 is 0. The van der Waals surface area contributed by atoms with Crippen LogP contribution < -0.4 is 0 Å². The average Bonchev–Trinajstić information content (AvgIpc) is 2.67. The van der Waals surface area contributed by atoms with Gasteiger partial charge in [0.2, 0.25) is 0 Å². The van der Waals surface area contributed by atoms with Crippen LogP contribution in [0.4, 0.5) is 0 Å². The molecule has 154 valence electrons. The summed E-state index contributed by atoms with van der Waals surface area (Å²) in [6.07, 6.45) is 3.55. The maximum atomic E-state index is 10.3. The van der Waals surface area contributed by atoms with E-state index in [1.54, 1.807) is 13.0 Å². The van der Waals surface area contributed by atoms with Gasteiger partial charge in [-0.2, -0.15) is 0 Å². The molecule has 0 aliphatic heterocycles. The van der Waals surface area contributed by atoms with Crippen molar-refractivity contribution in [2.24, 2.45) is 0 Å². The van der Waals surface area contributed by atoms with Crippen LogP contribution in [0.1, 0.15) is 54.2 Å². The first-order chi connectivity index (χ1) is 13.4.